The van der Waals surface area contributed by atoms with Crippen molar-refractivity contribution >= 4 is 28.7 Å². The molecule has 2 aromatic rings. The summed E-state index contributed by atoms with van der Waals surface area (Å²) in [6.45, 7) is 12.5. The maximum absolute atomic E-state index is 13.3. The zero-order chi connectivity index (χ0) is 28.6. The molecule has 11 heteroatoms. The maximum Gasteiger partial charge on any atom is 0.410 e. The van der Waals surface area contributed by atoms with Crippen molar-refractivity contribution < 1.29 is 19.1 Å². The molecule has 2 atom stereocenters. The molecule has 11 nitrogen and oxygen atoms in total. The number of piperidine rings is 2. The Hall–Kier alpha value is -3.31. The van der Waals surface area contributed by atoms with Crippen LogP contribution in [0.3, 0.4) is 0 Å². The Bertz CT molecular complexity index is 1360. The third-order valence-electron chi connectivity index (χ3n) is 8.13. The first-order chi connectivity index (χ1) is 19.0. The van der Waals surface area contributed by atoms with Gasteiger partial charge in [0.15, 0.2) is 0 Å². The van der Waals surface area contributed by atoms with Crippen LogP contribution in [0.1, 0.15) is 69.8 Å². The largest absolute Gasteiger partial charge is 0.444 e. The molecule has 2 unspecified atom stereocenters. The van der Waals surface area contributed by atoms with Crippen molar-refractivity contribution in [1.82, 2.24) is 30.2 Å². The van der Waals surface area contributed by atoms with E-state index in [4.69, 9.17) is 4.74 Å². The van der Waals surface area contributed by atoms with Crippen LogP contribution in [0.5, 0.6) is 0 Å². The average Bonchev–Trinajstić information content (AvgIpc) is 2.90. The SMILES string of the molecule is Cc1nn(C2CCC(=O)NC2=O)c(=O)c2ccc(C3CNCCN3CC3CCN(C(=O)OC(C)(C)C)CC3)cc12. The van der Waals surface area contributed by atoms with E-state index in [0.29, 0.717) is 30.1 Å². The number of aryl methyl sites for hydroxylation is 1. The highest BCUT2D eigenvalue weighted by Gasteiger charge is 2.32. The summed E-state index contributed by atoms with van der Waals surface area (Å²) in [6.07, 6.45) is 2.10. The molecule has 3 amide bonds. The lowest BCUT2D eigenvalue weighted by Gasteiger charge is -2.41. The number of piperazine rings is 1. The molecule has 0 bridgehead atoms. The second-order valence-electron chi connectivity index (χ2n) is 12.2. The highest BCUT2D eigenvalue weighted by Crippen LogP contribution is 2.29. The van der Waals surface area contributed by atoms with Crippen LogP contribution < -0.4 is 16.2 Å². The molecule has 3 aliphatic heterocycles. The van der Waals surface area contributed by atoms with E-state index < -0.39 is 17.6 Å². The van der Waals surface area contributed by atoms with Crippen molar-refractivity contribution in [2.45, 2.75) is 71.1 Å². The smallest absolute Gasteiger partial charge is 0.410 e. The van der Waals surface area contributed by atoms with E-state index in [1.807, 2.05) is 44.7 Å². The molecule has 2 N–H and O–H groups in total. The number of likely N-dealkylation sites (tertiary alicyclic amines) is 1. The number of benzene rings is 1. The van der Waals surface area contributed by atoms with Gasteiger partial charge < -0.3 is 15.0 Å². The van der Waals surface area contributed by atoms with Gasteiger partial charge in [0, 0.05) is 57.1 Å². The minimum atomic E-state index is -0.784. The standard InChI is InChI=1S/C29H40N6O5/c1-18-22-15-20(5-6-21(22)27(38)35(32-18)23-7-8-25(36)31-26(23)37)24-16-30-11-14-34(24)17-19-9-12-33(13-10-19)28(39)40-29(2,3)4/h5-6,15,19,23-24,30H,7-14,16-17H2,1-4H3,(H,31,36,37). The highest BCUT2D eigenvalue weighted by atomic mass is 16.6. The molecule has 1 aromatic carbocycles. The second kappa shape index (κ2) is 11.3. The number of aromatic nitrogens is 2. The Kier molecular flexibility index (Phi) is 7.96. The topological polar surface area (TPSA) is 126 Å². The van der Waals surface area contributed by atoms with Crippen LogP contribution in [0.2, 0.25) is 0 Å². The fraction of sp³-hybridized carbons (Fsp3) is 0.621. The summed E-state index contributed by atoms with van der Waals surface area (Å²) in [6, 6.07) is 5.28. The first-order valence-electron chi connectivity index (χ1n) is 14.3. The van der Waals surface area contributed by atoms with Gasteiger partial charge in [0.1, 0.15) is 11.6 Å². The van der Waals surface area contributed by atoms with Crippen molar-refractivity contribution in [2.75, 3.05) is 39.3 Å². The second-order valence-corrected chi connectivity index (χ2v) is 12.2. The first kappa shape index (κ1) is 28.2. The molecule has 0 radical (unpaired) electrons. The molecule has 0 aliphatic carbocycles. The zero-order valence-corrected chi connectivity index (χ0v) is 23.9. The van der Waals surface area contributed by atoms with Gasteiger partial charge in [-0.25, -0.2) is 9.48 Å². The summed E-state index contributed by atoms with van der Waals surface area (Å²) in [7, 11) is 0. The molecule has 40 heavy (non-hydrogen) atoms. The van der Waals surface area contributed by atoms with E-state index >= 15 is 0 Å². The Balaban J connectivity index is 1.31. The summed E-state index contributed by atoms with van der Waals surface area (Å²) >= 11 is 0. The lowest BCUT2D eigenvalue weighted by atomic mass is 9.93. The van der Waals surface area contributed by atoms with Crippen LogP contribution >= 0.6 is 0 Å². The van der Waals surface area contributed by atoms with Crippen molar-refractivity contribution in [3.63, 3.8) is 0 Å². The Labute approximate surface area is 234 Å². The van der Waals surface area contributed by atoms with Gasteiger partial charge in [-0.15, -0.1) is 0 Å². The van der Waals surface area contributed by atoms with Crippen LogP contribution in [0.25, 0.3) is 10.8 Å². The number of hydrogen-bond acceptors (Lipinski definition) is 8. The van der Waals surface area contributed by atoms with Gasteiger partial charge in [-0.3, -0.25) is 24.6 Å². The van der Waals surface area contributed by atoms with E-state index in [1.165, 1.54) is 4.68 Å². The summed E-state index contributed by atoms with van der Waals surface area (Å²) in [5.41, 5.74) is 0.977. The van der Waals surface area contributed by atoms with Gasteiger partial charge in [-0.1, -0.05) is 6.07 Å². The number of ether oxygens (including phenoxy) is 1. The Morgan fingerprint density at radius 2 is 1.80 bits per heavy atom. The molecule has 4 heterocycles. The molecular weight excluding hydrogens is 512 g/mol. The number of nitrogens with one attached hydrogen (secondary N) is 2. The molecule has 3 aliphatic rings. The normalized spacial score (nSPS) is 23.4. The van der Waals surface area contributed by atoms with Crippen LogP contribution in [-0.2, 0) is 14.3 Å². The summed E-state index contributed by atoms with van der Waals surface area (Å²) in [5.74, 6) is -0.318. The molecule has 3 fully saturated rings. The van der Waals surface area contributed by atoms with E-state index in [2.05, 4.69) is 26.7 Å². The Morgan fingerprint density at radius 1 is 1.05 bits per heavy atom. The number of imide groups is 1. The van der Waals surface area contributed by atoms with Gasteiger partial charge in [0.2, 0.25) is 5.91 Å². The molecule has 0 spiro atoms. The number of carbonyl (C=O) groups is 3. The van der Waals surface area contributed by atoms with Crippen LogP contribution in [-0.4, -0.2) is 82.4 Å². The third-order valence-corrected chi connectivity index (χ3v) is 8.13. The summed E-state index contributed by atoms with van der Waals surface area (Å²) in [5, 5.41) is 11.6. The minimum absolute atomic E-state index is 0.152. The number of rotatable bonds is 4. The molecular formula is C29H40N6O5. The third kappa shape index (κ3) is 6.05. The zero-order valence-electron chi connectivity index (χ0n) is 23.9. The number of hydrogen-bond donors (Lipinski definition) is 2. The lowest BCUT2D eigenvalue weighted by Crippen LogP contribution is -2.49. The number of carbonyl (C=O) groups excluding carboxylic acids is 3. The van der Waals surface area contributed by atoms with Crippen molar-refractivity contribution in [3.05, 3.63) is 39.8 Å². The Morgan fingerprint density at radius 3 is 2.50 bits per heavy atom. The molecule has 0 saturated carbocycles. The van der Waals surface area contributed by atoms with Crippen molar-refractivity contribution in [2.24, 2.45) is 5.92 Å². The average molecular weight is 553 g/mol. The number of nitrogens with zero attached hydrogens (tertiary/aromatic N) is 4. The maximum atomic E-state index is 13.3. The monoisotopic (exact) mass is 552 g/mol. The lowest BCUT2D eigenvalue weighted by molar-refractivity contribution is -0.136. The van der Waals surface area contributed by atoms with Gasteiger partial charge in [0.25, 0.3) is 11.5 Å². The van der Waals surface area contributed by atoms with Crippen molar-refractivity contribution in [1.29, 1.82) is 0 Å². The predicted molar refractivity (Wildman–Crippen MR) is 150 cm³/mol. The number of fused-ring (bicyclic) bond motifs is 1. The number of amides is 3. The summed E-state index contributed by atoms with van der Waals surface area (Å²) in [4.78, 5) is 54.1. The fourth-order valence-electron chi connectivity index (χ4n) is 6.02. The fourth-order valence-corrected chi connectivity index (χ4v) is 6.02. The highest BCUT2D eigenvalue weighted by molar-refractivity contribution is 5.99. The first-order valence-corrected chi connectivity index (χ1v) is 14.3. The van der Waals surface area contributed by atoms with E-state index in [9.17, 15) is 19.2 Å². The van der Waals surface area contributed by atoms with E-state index in [-0.39, 0.29) is 36.4 Å². The van der Waals surface area contributed by atoms with Gasteiger partial charge in [0.05, 0.1) is 11.1 Å². The van der Waals surface area contributed by atoms with E-state index in [1.54, 1.807) is 0 Å². The van der Waals surface area contributed by atoms with Gasteiger partial charge in [-0.2, -0.15) is 5.10 Å². The molecule has 5 rings (SSSR count). The van der Waals surface area contributed by atoms with Gasteiger partial charge >= 0.3 is 6.09 Å². The van der Waals surface area contributed by atoms with Gasteiger partial charge in [-0.05, 0) is 70.6 Å². The van der Waals surface area contributed by atoms with Crippen molar-refractivity contribution in [3.8, 4) is 0 Å². The molecule has 3 saturated heterocycles. The minimum Gasteiger partial charge on any atom is -0.444 e. The quantitative estimate of drug-likeness (QED) is 0.554. The van der Waals surface area contributed by atoms with Crippen LogP contribution in [0.4, 0.5) is 4.79 Å². The molecule has 216 valence electrons. The molecule has 1 aromatic heterocycles. The van der Waals surface area contributed by atoms with E-state index in [0.717, 1.165) is 50.0 Å². The van der Waals surface area contributed by atoms with Crippen LogP contribution in [0.15, 0.2) is 23.0 Å². The van der Waals surface area contributed by atoms with Crippen LogP contribution in [0, 0.1) is 12.8 Å². The summed E-state index contributed by atoms with van der Waals surface area (Å²) < 4.78 is 6.78. The predicted octanol–water partition coefficient (Wildman–Crippen LogP) is 2.28.